The van der Waals surface area contributed by atoms with Gasteiger partial charge in [-0.15, -0.1) is 10.2 Å². The lowest BCUT2D eigenvalue weighted by atomic mass is 10.0. The maximum Gasteiger partial charge on any atom is 0.138 e. The molecule has 3 heteroatoms. The summed E-state index contributed by atoms with van der Waals surface area (Å²) in [7, 11) is 0. The summed E-state index contributed by atoms with van der Waals surface area (Å²) in [4.78, 5) is 3.94. The van der Waals surface area contributed by atoms with Crippen LogP contribution in [-0.2, 0) is 0 Å². The number of hydrogen-bond donors (Lipinski definition) is 0. The van der Waals surface area contributed by atoms with Gasteiger partial charge in [0, 0.05) is 5.56 Å². The van der Waals surface area contributed by atoms with Gasteiger partial charge >= 0.3 is 0 Å². The zero-order chi connectivity index (χ0) is 9.97. The molecule has 14 heavy (non-hydrogen) atoms. The van der Waals surface area contributed by atoms with Crippen LogP contribution in [0.4, 0.5) is 0 Å². The summed E-state index contributed by atoms with van der Waals surface area (Å²) in [5.41, 5.74) is 4.42. The molecule has 0 fully saturated rings. The Bertz CT molecular complexity index is 438. The Balaban J connectivity index is 2.48. The van der Waals surface area contributed by atoms with Gasteiger partial charge in [0.1, 0.15) is 12.0 Å². The fraction of sp³-hybridized carbons (Fsp3) is 0.182. The SMILES string of the molecule is Cc1ccc(-c2cncnn2)cc1C. The monoisotopic (exact) mass is 185 g/mol. The summed E-state index contributed by atoms with van der Waals surface area (Å²) in [6, 6.07) is 6.22. The van der Waals surface area contributed by atoms with Crippen molar-refractivity contribution in [1.82, 2.24) is 15.2 Å². The van der Waals surface area contributed by atoms with Crippen molar-refractivity contribution in [1.29, 1.82) is 0 Å². The minimum absolute atomic E-state index is 0.815. The second kappa shape index (κ2) is 3.54. The molecule has 70 valence electrons. The van der Waals surface area contributed by atoms with Crippen molar-refractivity contribution < 1.29 is 0 Å². The van der Waals surface area contributed by atoms with Crippen LogP contribution < -0.4 is 0 Å². The third-order valence-corrected chi connectivity index (χ3v) is 2.28. The van der Waals surface area contributed by atoms with E-state index >= 15 is 0 Å². The van der Waals surface area contributed by atoms with Crippen LogP contribution in [0.5, 0.6) is 0 Å². The van der Waals surface area contributed by atoms with Gasteiger partial charge in [-0.05, 0) is 31.0 Å². The van der Waals surface area contributed by atoms with Crippen LogP contribution in [0.15, 0.2) is 30.7 Å². The molecule has 1 aromatic carbocycles. The number of aryl methyl sites for hydroxylation is 2. The fourth-order valence-corrected chi connectivity index (χ4v) is 1.28. The third kappa shape index (κ3) is 1.62. The first-order valence-corrected chi connectivity index (χ1v) is 4.47. The Labute approximate surface area is 82.8 Å². The van der Waals surface area contributed by atoms with Gasteiger partial charge in [-0.1, -0.05) is 12.1 Å². The first-order chi connectivity index (χ1) is 6.77. The predicted octanol–water partition coefficient (Wildman–Crippen LogP) is 2.16. The molecule has 0 saturated carbocycles. The normalized spacial score (nSPS) is 10.1. The van der Waals surface area contributed by atoms with E-state index in [0.717, 1.165) is 11.3 Å². The standard InChI is InChI=1S/C11H11N3/c1-8-3-4-10(5-9(8)2)11-6-12-7-13-14-11/h3-7H,1-2H3. The van der Waals surface area contributed by atoms with Gasteiger partial charge in [-0.2, -0.15) is 0 Å². The van der Waals surface area contributed by atoms with Crippen LogP contribution in [-0.4, -0.2) is 15.2 Å². The highest BCUT2D eigenvalue weighted by Gasteiger charge is 2.00. The lowest BCUT2D eigenvalue weighted by Crippen LogP contribution is -1.89. The van der Waals surface area contributed by atoms with Crippen molar-refractivity contribution in [3.05, 3.63) is 41.9 Å². The molecule has 0 aliphatic heterocycles. The highest BCUT2D eigenvalue weighted by Crippen LogP contribution is 2.18. The second-order valence-electron chi connectivity index (χ2n) is 3.29. The first-order valence-electron chi connectivity index (χ1n) is 4.47. The van der Waals surface area contributed by atoms with Gasteiger partial charge in [-0.3, -0.25) is 0 Å². The van der Waals surface area contributed by atoms with Crippen molar-refractivity contribution in [2.45, 2.75) is 13.8 Å². The zero-order valence-electron chi connectivity index (χ0n) is 8.23. The molecule has 2 rings (SSSR count). The predicted molar refractivity (Wildman–Crippen MR) is 54.7 cm³/mol. The Hall–Kier alpha value is -1.77. The van der Waals surface area contributed by atoms with E-state index in [9.17, 15) is 0 Å². The molecule has 0 aliphatic carbocycles. The molecule has 0 saturated heterocycles. The number of aromatic nitrogens is 3. The van der Waals surface area contributed by atoms with E-state index in [-0.39, 0.29) is 0 Å². The minimum Gasteiger partial charge on any atom is -0.241 e. The number of nitrogens with zero attached hydrogens (tertiary/aromatic N) is 3. The highest BCUT2D eigenvalue weighted by molar-refractivity contribution is 5.59. The summed E-state index contributed by atoms with van der Waals surface area (Å²) in [6.07, 6.45) is 3.15. The lowest BCUT2D eigenvalue weighted by molar-refractivity contribution is 0.976. The van der Waals surface area contributed by atoms with Crippen LogP contribution in [0.25, 0.3) is 11.3 Å². The van der Waals surface area contributed by atoms with E-state index < -0.39 is 0 Å². The molecule has 0 N–H and O–H groups in total. The minimum atomic E-state index is 0.815. The Morgan fingerprint density at radius 3 is 2.57 bits per heavy atom. The van der Waals surface area contributed by atoms with Crippen LogP contribution >= 0.6 is 0 Å². The summed E-state index contributed by atoms with van der Waals surface area (Å²) >= 11 is 0. The summed E-state index contributed by atoms with van der Waals surface area (Å²) < 4.78 is 0. The Morgan fingerprint density at radius 2 is 1.93 bits per heavy atom. The quantitative estimate of drug-likeness (QED) is 0.683. The van der Waals surface area contributed by atoms with Crippen molar-refractivity contribution in [2.24, 2.45) is 0 Å². The Kier molecular flexibility index (Phi) is 2.23. The number of rotatable bonds is 1. The van der Waals surface area contributed by atoms with Crippen molar-refractivity contribution in [3.8, 4) is 11.3 Å². The molecule has 0 aliphatic rings. The van der Waals surface area contributed by atoms with E-state index in [1.807, 2.05) is 6.07 Å². The number of benzene rings is 1. The molecule has 1 heterocycles. The van der Waals surface area contributed by atoms with Gasteiger partial charge in [0.05, 0.1) is 6.20 Å². The third-order valence-electron chi connectivity index (χ3n) is 2.28. The molecule has 3 nitrogen and oxygen atoms in total. The smallest absolute Gasteiger partial charge is 0.138 e. The molecule has 1 aromatic heterocycles. The molecular weight excluding hydrogens is 174 g/mol. The topological polar surface area (TPSA) is 38.7 Å². The lowest BCUT2D eigenvalue weighted by Gasteiger charge is -2.02. The number of hydrogen-bond acceptors (Lipinski definition) is 3. The molecule has 0 amide bonds. The van der Waals surface area contributed by atoms with Crippen molar-refractivity contribution in [2.75, 3.05) is 0 Å². The molecule has 2 aromatic rings. The zero-order valence-corrected chi connectivity index (χ0v) is 8.23. The van der Waals surface area contributed by atoms with E-state index in [1.165, 1.54) is 17.5 Å². The van der Waals surface area contributed by atoms with Gasteiger partial charge in [0.15, 0.2) is 0 Å². The second-order valence-corrected chi connectivity index (χ2v) is 3.29. The maximum absolute atomic E-state index is 4.01. The average molecular weight is 185 g/mol. The maximum atomic E-state index is 4.01. The van der Waals surface area contributed by atoms with Gasteiger partial charge < -0.3 is 0 Å². The van der Waals surface area contributed by atoms with E-state index in [1.54, 1.807) is 6.20 Å². The van der Waals surface area contributed by atoms with E-state index in [4.69, 9.17) is 0 Å². The summed E-state index contributed by atoms with van der Waals surface area (Å²) in [5.74, 6) is 0. The Morgan fingerprint density at radius 1 is 1.07 bits per heavy atom. The molecule has 0 spiro atoms. The van der Waals surface area contributed by atoms with Crippen molar-refractivity contribution in [3.63, 3.8) is 0 Å². The van der Waals surface area contributed by atoms with E-state index in [2.05, 4.69) is 41.2 Å². The van der Waals surface area contributed by atoms with Crippen LogP contribution in [0.1, 0.15) is 11.1 Å². The fourth-order valence-electron chi connectivity index (χ4n) is 1.28. The van der Waals surface area contributed by atoms with Gasteiger partial charge in [0.25, 0.3) is 0 Å². The van der Waals surface area contributed by atoms with Gasteiger partial charge in [-0.25, -0.2) is 4.98 Å². The largest absolute Gasteiger partial charge is 0.241 e. The molecule has 0 bridgehead atoms. The van der Waals surface area contributed by atoms with E-state index in [0.29, 0.717) is 0 Å². The summed E-state index contributed by atoms with van der Waals surface area (Å²) in [6.45, 7) is 4.18. The van der Waals surface area contributed by atoms with Gasteiger partial charge in [0.2, 0.25) is 0 Å². The van der Waals surface area contributed by atoms with Crippen LogP contribution in [0, 0.1) is 13.8 Å². The van der Waals surface area contributed by atoms with Crippen molar-refractivity contribution >= 4 is 0 Å². The van der Waals surface area contributed by atoms with Crippen LogP contribution in [0.2, 0.25) is 0 Å². The highest BCUT2D eigenvalue weighted by atomic mass is 15.1. The van der Waals surface area contributed by atoms with Crippen LogP contribution in [0.3, 0.4) is 0 Å². The molecule has 0 unspecified atom stereocenters. The summed E-state index contributed by atoms with van der Waals surface area (Å²) in [5, 5.41) is 7.76. The first kappa shape index (κ1) is 8.81. The molecular formula is C11H11N3. The molecule has 0 atom stereocenters. The molecule has 0 radical (unpaired) electrons. The average Bonchev–Trinajstić information content (AvgIpc) is 2.23.